The van der Waals surface area contributed by atoms with Gasteiger partial charge >= 0.3 is 0 Å². The Morgan fingerprint density at radius 2 is 2.26 bits per heavy atom. The maximum Gasteiger partial charge on any atom is 0.270 e. The highest BCUT2D eigenvalue weighted by atomic mass is 16.2. The Balaban J connectivity index is 2.18. The first-order valence-corrected chi connectivity index (χ1v) is 6.94. The number of nitrogen functional groups attached to an aromatic ring is 1. The maximum absolute atomic E-state index is 12.7. The molecule has 1 unspecified atom stereocenters. The van der Waals surface area contributed by atoms with Crippen LogP contribution in [-0.4, -0.2) is 53.5 Å². The van der Waals surface area contributed by atoms with Crippen molar-refractivity contribution in [2.45, 2.75) is 32.4 Å². The summed E-state index contributed by atoms with van der Waals surface area (Å²) in [6.45, 7) is 4.57. The number of carbonyl (C=O) groups excluding carboxylic acids is 1. The summed E-state index contributed by atoms with van der Waals surface area (Å²) >= 11 is 0. The minimum atomic E-state index is 0.114. The van der Waals surface area contributed by atoms with E-state index in [-0.39, 0.29) is 5.91 Å². The molecule has 2 rings (SSSR count). The molecule has 0 bridgehead atoms. The standard InChI is InChI=1S/C14H24N4O/c1-4-17-9-11(15)8-13(17)14(19)18-7-5-6-12(18)10-16(2)3/h8-9,12H,4-7,10,15H2,1-3H3. The van der Waals surface area contributed by atoms with Crippen molar-refractivity contribution in [3.63, 3.8) is 0 Å². The van der Waals surface area contributed by atoms with Crippen molar-refractivity contribution < 1.29 is 4.79 Å². The zero-order chi connectivity index (χ0) is 14.0. The van der Waals surface area contributed by atoms with Gasteiger partial charge in [-0.25, -0.2) is 0 Å². The van der Waals surface area contributed by atoms with Gasteiger partial charge in [-0.2, -0.15) is 0 Å². The number of hydrogen-bond acceptors (Lipinski definition) is 3. The summed E-state index contributed by atoms with van der Waals surface area (Å²) in [7, 11) is 4.10. The van der Waals surface area contributed by atoms with Gasteiger partial charge in [0.25, 0.3) is 5.91 Å². The second-order valence-electron chi connectivity index (χ2n) is 5.50. The number of aryl methyl sites for hydroxylation is 1. The molecule has 0 saturated carbocycles. The third-order valence-electron chi connectivity index (χ3n) is 3.69. The van der Waals surface area contributed by atoms with Crippen LogP contribution >= 0.6 is 0 Å². The molecule has 0 aromatic carbocycles. The second kappa shape index (κ2) is 5.65. The van der Waals surface area contributed by atoms with Crippen molar-refractivity contribution in [1.82, 2.24) is 14.4 Å². The van der Waals surface area contributed by atoms with Crippen LogP contribution in [0.25, 0.3) is 0 Å². The van der Waals surface area contributed by atoms with Crippen LogP contribution in [0, 0.1) is 0 Å². The van der Waals surface area contributed by atoms with Gasteiger partial charge in [-0.1, -0.05) is 0 Å². The molecule has 1 amide bonds. The van der Waals surface area contributed by atoms with Crippen molar-refractivity contribution >= 4 is 11.6 Å². The lowest BCUT2D eigenvalue weighted by molar-refractivity contribution is 0.0705. The van der Waals surface area contributed by atoms with Gasteiger partial charge in [-0.15, -0.1) is 0 Å². The molecule has 2 N–H and O–H groups in total. The predicted molar refractivity (Wildman–Crippen MR) is 77.1 cm³/mol. The maximum atomic E-state index is 12.7. The van der Waals surface area contributed by atoms with E-state index in [1.165, 1.54) is 0 Å². The number of amides is 1. The summed E-state index contributed by atoms with van der Waals surface area (Å²) in [5, 5.41) is 0. The van der Waals surface area contributed by atoms with E-state index >= 15 is 0 Å². The summed E-state index contributed by atoms with van der Waals surface area (Å²) < 4.78 is 1.93. The molecule has 0 radical (unpaired) electrons. The molecule has 1 aliphatic heterocycles. The van der Waals surface area contributed by atoms with E-state index < -0.39 is 0 Å². The van der Waals surface area contributed by atoms with Crippen LogP contribution in [0.15, 0.2) is 12.3 Å². The predicted octanol–water partition coefficient (Wildman–Crippen LogP) is 1.26. The summed E-state index contributed by atoms with van der Waals surface area (Å²) in [4.78, 5) is 16.8. The Hall–Kier alpha value is -1.49. The number of likely N-dealkylation sites (tertiary alicyclic amines) is 1. The highest BCUT2D eigenvalue weighted by molar-refractivity contribution is 5.94. The van der Waals surface area contributed by atoms with Crippen molar-refractivity contribution in [2.24, 2.45) is 0 Å². The molecular formula is C14H24N4O. The molecule has 2 heterocycles. The van der Waals surface area contributed by atoms with Crippen molar-refractivity contribution in [2.75, 3.05) is 32.9 Å². The van der Waals surface area contributed by atoms with Gasteiger partial charge in [0.15, 0.2) is 0 Å². The Morgan fingerprint density at radius 3 is 2.89 bits per heavy atom. The molecular weight excluding hydrogens is 240 g/mol. The van der Waals surface area contributed by atoms with Gasteiger partial charge in [-0.05, 0) is 39.9 Å². The minimum absolute atomic E-state index is 0.114. The molecule has 1 saturated heterocycles. The van der Waals surface area contributed by atoms with E-state index in [1.807, 2.05) is 36.7 Å². The molecule has 1 aromatic rings. The molecule has 1 atom stereocenters. The Kier molecular flexibility index (Phi) is 4.14. The van der Waals surface area contributed by atoms with Crippen LogP contribution < -0.4 is 5.73 Å². The van der Waals surface area contributed by atoms with E-state index in [0.29, 0.717) is 17.4 Å². The van der Waals surface area contributed by atoms with Gasteiger partial charge in [0.1, 0.15) is 5.69 Å². The van der Waals surface area contributed by atoms with Crippen molar-refractivity contribution in [3.8, 4) is 0 Å². The molecule has 5 nitrogen and oxygen atoms in total. The van der Waals surface area contributed by atoms with Crippen LogP contribution in [0.2, 0.25) is 0 Å². The zero-order valence-electron chi connectivity index (χ0n) is 12.1. The topological polar surface area (TPSA) is 54.5 Å². The Bertz CT molecular complexity index is 452. The van der Waals surface area contributed by atoms with E-state index in [0.717, 1.165) is 32.5 Å². The van der Waals surface area contributed by atoms with Gasteiger partial charge in [0.05, 0.1) is 5.69 Å². The number of nitrogens with two attached hydrogens (primary N) is 1. The number of rotatable bonds is 4. The second-order valence-corrected chi connectivity index (χ2v) is 5.50. The summed E-state index contributed by atoms with van der Waals surface area (Å²) in [5.74, 6) is 0.114. The molecule has 19 heavy (non-hydrogen) atoms. The average molecular weight is 264 g/mol. The van der Waals surface area contributed by atoms with E-state index in [1.54, 1.807) is 6.07 Å². The fourth-order valence-electron chi connectivity index (χ4n) is 2.84. The molecule has 0 aliphatic carbocycles. The van der Waals surface area contributed by atoms with Gasteiger partial charge in [0.2, 0.25) is 0 Å². The van der Waals surface area contributed by atoms with Crippen LogP contribution in [0.5, 0.6) is 0 Å². The number of nitrogens with zero attached hydrogens (tertiary/aromatic N) is 3. The van der Waals surface area contributed by atoms with E-state index in [2.05, 4.69) is 4.90 Å². The van der Waals surface area contributed by atoms with Gasteiger partial charge in [-0.3, -0.25) is 4.79 Å². The molecule has 1 aromatic heterocycles. The monoisotopic (exact) mass is 264 g/mol. The number of aromatic nitrogens is 1. The fraction of sp³-hybridized carbons (Fsp3) is 0.643. The van der Waals surface area contributed by atoms with Crippen LogP contribution in [0.4, 0.5) is 5.69 Å². The Labute approximate surface area is 115 Å². The number of carbonyl (C=O) groups is 1. The number of hydrogen-bond donors (Lipinski definition) is 1. The number of anilines is 1. The normalized spacial score (nSPS) is 19.4. The molecule has 1 aliphatic rings. The molecule has 0 spiro atoms. The van der Waals surface area contributed by atoms with Crippen LogP contribution in [0.1, 0.15) is 30.3 Å². The third kappa shape index (κ3) is 2.92. The first kappa shape index (κ1) is 13.9. The van der Waals surface area contributed by atoms with Gasteiger partial charge < -0.3 is 20.1 Å². The lowest BCUT2D eigenvalue weighted by Gasteiger charge is -2.27. The molecule has 1 fully saturated rings. The highest BCUT2D eigenvalue weighted by Crippen LogP contribution is 2.22. The van der Waals surface area contributed by atoms with Crippen LogP contribution in [0.3, 0.4) is 0 Å². The van der Waals surface area contributed by atoms with Gasteiger partial charge in [0, 0.05) is 31.9 Å². The van der Waals surface area contributed by atoms with Crippen molar-refractivity contribution in [1.29, 1.82) is 0 Å². The lowest BCUT2D eigenvalue weighted by atomic mass is 10.2. The SMILES string of the molecule is CCn1cc(N)cc1C(=O)N1CCCC1CN(C)C. The minimum Gasteiger partial charge on any atom is -0.397 e. The molecule has 5 heteroatoms. The smallest absolute Gasteiger partial charge is 0.270 e. The Morgan fingerprint density at radius 1 is 1.53 bits per heavy atom. The summed E-state index contributed by atoms with van der Waals surface area (Å²) in [6, 6.07) is 2.11. The van der Waals surface area contributed by atoms with E-state index in [4.69, 9.17) is 5.73 Å². The summed E-state index contributed by atoms with van der Waals surface area (Å²) in [6.07, 6.45) is 4.02. The third-order valence-corrected chi connectivity index (χ3v) is 3.69. The van der Waals surface area contributed by atoms with E-state index in [9.17, 15) is 4.79 Å². The fourth-order valence-corrected chi connectivity index (χ4v) is 2.84. The average Bonchev–Trinajstić information content (AvgIpc) is 2.94. The quantitative estimate of drug-likeness (QED) is 0.890. The first-order chi connectivity index (χ1) is 9.02. The summed E-state index contributed by atoms with van der Waals surface area (Å²) in [5.41, 5.74) is 7.18. The first-order valence-electron chi connectivity index (χ1n) is 6.94. The van der Waals surface area contributed by atoms with Crippen LogP contribution in [-0.2, 0) is 6.54 Å². The molecule has 106 valence electrons. The van der Waals surface area contributed by atoms with Crippen molar-refractivity contribution in [3.05, 3.63) is 18.0 Å². The zero-order valence-corrected chi connectivity index (χ0v) is 12.1. The number of likely N-dealkylation sites (N-methyl/N-ethyl adjacent to an activating group) is 1. The lowest BCUT2D eigenvalue weighted by Crippen LogP contribution is -2.41. The highest BCUT2D eigenvalue weighted by Gasteiger charge is 2.31. The largest absolute Gasteiger partial charge is 0.397 e.